The third-order valence-corrected chi connectivity index (χ3v) is 5.43. The number of anilines is 1. The minimum atomic E-state index is -0.758. The van der Waals surface area contributed by atoms with Gasteiger partial charge in [-0.25, -0.2) is 9.59 Å². The van der Waals surface area contributed by atoms with Gasteiger partial charge in [0.1, 0.15) is 22.6 Å². The third kappa shape index (κ3) is 4.19. The van der Waals surface area contributed by atoms with Crippen molar-refractivity contribution in [3.8, 4) is 5.75 Å². The number of methoxy groups -OCH3 is 1. The van der Waals surface area contributed by atoms with Crippen molar-refractivity contribution in [2.24, 2.45) is 0 Å². The van der Waals surface area contributed by atoms with Crippen LogP contribution in [-0.2, 0) is 14.3 Å². The van der Waals surface area contributed by atoms with Crippen LogP contribution in [-0.4, -0.2) is 43.2 Å². The Morgan fingerprint density at radius 2 is 1.76 bits per heavy atom. The summed E-state index contributed by atoms with van der Waals surface area (Å²) in [4.78, 5) is 40.0. The fourth-order valence-corrected chi connectivity index (χ4v) is 3.87. The third-order valence-electron chi connectivity index (χ3n) is 5.43. The number of rotatable bonds is 7. The van der Waals surface area contributed by atoms with Crippen LogP contribution in [0.5, 0.6) is 5.75 Å². The summed E-state index contributed by atoms with van der Waals surface area (Å²) in [5.74, 6) is -1.41. The van der Waals surface area contributed by atoms with E-state index in [9.17, 15) is 14.4 Å². The average Bonchev–Trinajstić information content (AvgIpc) is 3.32. The van der Waals surface area contributed by atoms with E-state index in [1.807, 2.05) is 24.3 Å². The minimum Gasteiger partial charge on any atom is -0.495 e. The SMILES string of the molecule is CCOC(=O)c1c(C)[nH]c(C(=O)OCC(=O)Nc2cc3oc4ccccc4c3cc2OC)c1C. The number of carbonyl (C=O) groups excluding carboxylic acids is 3. The van der Waals surface area contributed by atoms with Gasteiger partial charge in [0.05, 0.1) is 25.0 Å². The van der Waals surface area contributed by atoms with E-state index in [1.165, 1.54) is 7.11 Å². The highest BCUT2D eigenvalue weighted by Gasteiger charge is 2.24. The minimum absolute atomic E-state index is 0.0922. The van der Waals surface area contributed by atoms with E-state index >= 15 is 0 Å². The fraction of sp³-hybridized carbons (Fsp3) is 0.240. The van der Waals surface area contributed by atoms with Crippen molar-refractivity contribution in [2.75, 3.05) is 25.6 Å². The van der Waals surface area contributed by atoms with Gasteiger partial charge >= 0.3 is 11.9 Å². The molecule has 0 aliphatic carbocycles. The lowest BCUT2D eigenvalue weighted by Crippen LogP contribution is -2.21. The second kappa shape index (κ2) is 9.30. The molecular formula is C25H24N2O7. The van der Waals surface area contributed by atoms with E-state index in [4.69, 9.17) is 18.6 Å². The number of nitrogens with one attached hydrogen (secondary N) is 2. The summed E-state index contributed by atoms with van der Waals surface area (Å²) in [6.07, 6.45) is 0. The molecule has 0 aliphatic rings. The molecule has 0 spiro atoms. The van der Waals surface area contributed by atoms with E-state index in [0.29, 0.717) is 28.3 Å². The number of hydrogen-bond donors (Lipinski definition) is 2. The van der Waals surface area contributed by atoms with Crippen molar-refractivity contribution in [2.45, 2.75) is 20.8 Å². The van der Waals surface area contributed by atoms with Crippen LogP contribution < -0.4 is 10.1 Å². The number of aromatic nitrogens is 1. The Hall–Kier alpha value is -4.27. The first-order valence-corrected chi connectivity index (χ1v) is 10.7. The van der Waals surface area contributed by atoms with Crippen molar-refractivity contribution in [1.82, 2.24) is 4.98 Å². The molecule has 2 aromatic carbocycles. The summed E-state index contributed by atoms with van der Waals surface area (Å²) in [5, 5.41) is 4.47. The Bertz CT molecular complexity index is 1410. The number of fused-ring (bicyclic) bond motifs is 3. The number of carbonyl (C=O) groups is 3. The molecule has 34 heavy (non-hydrogen) atoms. The van der Waals surface area contributed by atoms with Crippen LogP contribution in [0, 0.1) is 13.8 Å². The van der Waals surface area contributed by atoms with Gasteiger partial charge in [-0.1, -0.05) is 18.2 Å². The molecule has 0 unspecified atom stereocenters. The van der Waals surface area contributed by atoms with Crippen molar-refractivity contribution in [3.63, 3.8) is 0 Å². The van der Waals surface area contributed by atoms with Crippen LogP contribution in [0.1, 0.15) is 39.0 Å². The number of furan rings is 1. The van der Waals surface area contributed by atoms with Crippen LogP contribution >= 0.6 is 0 Å². The van der Waals surface area contributed by atoms with E-state index < -0.39 is 24.5 Å². The largest absolute Gasteiger partial charge is 0.495 e. The van der Waals surface area contributed by atoms with Gasteiger partial charge in [0.2, 0.25) is 0 Å². The smallest absolute Gasteiger partial charge is 0.355 e. The topological polar surface area (TPSA) is 120 Å². The molecule has 4 aromatic rings. The summed E-state index contributed by atoms with van der Waals surface area (Å²) in [5.41, 5.74) is 2.94. The first-order valence-electron chi connectivity index (χ1n) is 10.7. The number of para-hydroxylation sites is 1. The van der Waals surface area contributed by atoms with E-state index in [1.54, 1.807) is 32.9 Å². The molecule has 9 heteroatoms. The number of benzene rings is 2. The number of H-pyrrole nitrogens is 1. The summed E-state index contributed by atoms with van der Waals surface area (Å²) in [7, 11) is 1.50. The van der Waals surface area contributed by atoms with Gasteiger partial charge < -0.3 is 28.9 Å². The normalized spacial score (nSPS) is 10.9. The number of ether oxygens (including phenoxy) is 3. The van der Waals surface area contributed by atoms with Gasteiger partial charge in [-0.2, -0.15) is 0 Å². The summed E-state index contributed by atoms with van der Waals surface area (Å²) in [6.45, 7) is 4.64. The van der Waals surface area contributed by atoms with Crippen LogP contribution in [0.3, 0.4) is 0 Å². The van der Waals surface area contributed by atoms with Gasteiger partial charge in [-0.15, -0.1) is 0 Å². The first kappa shape index (κ1) is 22.9. The molecule has 176 valence electrons. The molecule has 0 aliphatic heterocycles. The lowest BCUT2D eigenvalue weighted by molar-refractivity contribution is -0.119. The maximum Gasteiger partial charge on any atom is 0.355 e. The van der Waals surface area contributed by atoms with Gasteiger partial charge in [0.15, 0.2) is 6.61 Å². The fourth-order valence-electron chi connectivity index (χ4n) is 3.87. The predicted octanol–water partition coefficient (Wildman–Crippen LogP) is 4.51. The monoisotopic (exact) mass is 464 g/mol. The molecule has 1 amide bonds. The highest BCUT2D eigenvalue weighted by molar-refractivity contribution is 6.08. The standard InChI is InChI=1S/C25H24N2O7/c1-5-32-24(29)22-13(2)23(26-14(22)3)25(30)33-12-21(28)27-17-11-19-16(10-20(17)31-4)15-8-6-7-9-18(15)34-19/h6-11,26H,5,12H2,1-4H3,(H,27,28). The van der Waals surface area contributed by atoms with E-state index in [-0.39, 0.29) is 17.9 Å². The molecule has 2 aromatic heterocycles. The molecule has 0 atom stereocenters. The number of esters is 2. The molecule has 0 bridgehead atoms. The Labute approximate surface area is 195 Å². The second-order valence-electron chi connectivity index (χ2n) is 7.62. The van der Waals surface area contributed by atoms with Gasteiger partial charge in [0.25, 0.3) is 5.91 Å². The van der Waals surface area contributed by atoms with Crippen LogP contribution in [0.25, 0.3) is 21.9 Å². The summed E-state index contributed by atoms with van der Waals surface area (Å²) < 4.78 is 21.5. The van der Waals surface area contributed by atoms with E-state index in [2.05, 4.69) is 10.3 Å². The summed E-state index contributed by atoms with van der Waals surface area (Å²) >= 11 is 0. The Kier molecular flexibility index (Phi) is 6.27. The average molecular weight is 464 g/mol. The second-order valence-corrected chi connectivity index (χ2v) is 7.62. The van der Waals surface area contributed by atoms with Gasteiger partial charge in [-0.05, 0) is 38.5 Å². The molecule has 0 saturated carbocycles. The zero-order valence-corrected chi connectivity index (χ0v) is 19.2. The molecule has 0 saturated heterocycles. The van der Waals surface area contributed by atoms with Crippen molar-refractivity contribution in [1.29, 1.82) is 0 Å². The highest BCUT2D eigenvalue weighted by Crippen LogP contribution is 2.36. The van der Waals surface area contributed by atoms with Crippen LogP contribution in [0.15, 0.2) is 40.8 Å². The number of hydrogen-bond acceptors (Lipinski definition) is 7. The lowest BCUT2D eigenvalue weighted by atomic mass is 10.1. The van der Waals surface area contributed by atoms with Crippen molar-refractivity contribution < 1.29 is 33.0 Å². The Balaban J connectivity index is 1.48. The van der Waals surface area contributed by atoms with E-state index in [0.717, 1.165) is 16.4 Å². The molecule has 2 heterocycles. The molecule has 0 fully saturated rings. The molecule has 9 nitrogen and oxygen atoms in total. The lowest BCUT2D eigenvalue weighted by Gasteiger charge is -2.10. The first-order chi connectivity index (χ1) is 16.3. The quantitative estimate of drug-likeness (QED) is 0.386. The molecule has 4 rings (SSSR count). The summed E-state index contributed by atoms with van der Waals surface area (Å²) in [6, 6.07) is 11.0. The maximum atomic E-state index is 12.5. The maximum absolute atomic E-state index is 12.5. The number of aromatic amines is 1. The molecule has 0 radical (unpaired) electrons. The highest BCUT2D eigenvalue weighted by atomic mass is 16.5. The Morgan fingerprint density at radius 1 is 1.00 bits per heavy atom. The Morgan fingerprint density at radius 3 is 2.50 bits per heavy atom. The van der Waals surface area contributed by atoms with Crippen LogP contribution in [0.4, 0.5) is 5.69 Å². The number of aryl methyl sites for hydroxylation is 1. The zero-order valence-electron chi connectivity index (χ0n) is 19.2. The van der Waals surface area contributed by atoms with Crippen molar-refractivity contribution in [3.05, 3.63) is 58.9 Å². The molecular weight excluding hydrogens is 440 g/mol. The zero-order chi connectivity index (χ0) is 24.4. The van der Waals surface area contributed by atoms with Crippen LogP contribution in [0.2, 0.25) is 0 Å². The van der Waals surface area contributed by atoms with Crippen molar-refractivity contribution >= 4 is 45.5 Å². The predicted molar refractivity (Wildman–Crippen MR) is 125 cm³/mol. The number of amides is 1. The van der Waals surface area contributed by atoms with Gasteiger partial charge in [-0.3, -0.25) is 4.79 Å². The van der Waals surface area contributed by atoms with Gasteiger partial charge in [0, 0.05) is 22.5 Å². The molecule has 2 N–H and O–H groups in total.